The van der Waals surface area contributed by atoms with Crippen LogP contribution in [0.2, 0.25) is 0 Å². The molecule has 0 amide bonds. The van der Waals surface area contributed by atoms with Crippen molar-refractivity contribution in [2.45, 2.75) is 6.10 Å². The molecule has 0 spiro atoms. The summed E-state index contributed by atoms with van der Waals surface area (Å²) < 4.78 is 16.6. The Morgan fingerprint density at radius 3 is 1.76 bits per heavy atom. The number of rotatable bonds is 4. The van der Waals surface area contributed by atoms with Gasteiger partial charge in [0, 0.05) is 35.4 Å². The Morgan fingerprint density at radius 1 is 0.655 bits per heavy atom. The smallest absolute Gasteiger partial charge is 0.161 e. The fourth-order valence-corrected chi connectivity index (χ4v) is 2.81. The highest BCUT2D eigenvalue weighted by molar-refractivity contribution is 5.57. The monoisotopic (exact) mass is 382 g/mol. The lowest BCUT2D eigenvalue weighted by atomic mass is 10.0. The summed E-state index contributed by atoms with van der Waals surface area (Å²) in [6, 6.07) is 23.4. The molecule has 0 N–H and O–H groups in total. The van der Waals surface area contributed by atoms with E-state index < -0.39 is 6.10 Å². The number of hydrogen-bond donors (Lipinski definition) is 0. The second-order valence-corrected chi connectivity index (χ2v) is 6.16. The Morgan fingerprint density at radius 2 is 1.21 bits per heavy atom. The lowest BCUT2D eigenvalue weighted by molar-refractivity contribution is 0.150. The van der Waals surface area contributed by atoms with Crippen LogP contribution in [0.25, 0.3) is 0 Å². The lowest BCUT2D eigenvalue weighted by Crippen LogP contribution is -2.04. The third kappa shape index (κ3) is 5.20. The molecule has 144 valence electrons. The predicted molar refractivity (Wildman–Crippen MR) is 115 cm³/mol. The maximum absolute atomic E-state index is 5.69. The SMILES string of the molecule is COc1cc(C#Cc2ccccc2)c(C(C#Cc2ccccc2)OC)cc1OC. The van der Waals surface area contributed by atoms with Crippen molar-refractivity contribution in [3.05, 3.63) is 95.1 Å². The normalized spacial score (nSPS) is 10.7. The number of methoxy groups -OCH3 is 3. The zero-order chi connectivity index (χ0) is 20.5. The first-order chi connectivity index (χ1) is 14.2. The molecule has 0 aliphatic heterocycles. The summed E-state index contributed by atoms with van der Waals surface area (Å²) in [5.74, 6) is 14.0. The molecule has 3 heteroatoms. The summed E-state index contributed by atoms with van der Waals surface area (Å²) in [4.78, 5) is 0. The van der Waals surface area contributed by atoms with Crippen molar-refractivity contribution in [3.8, 4) is 35.2 Å². The van der Waals surface area contributed by atoms with Gasteiger partial charge in [-0.25, -0.2) is 0 Å². The molecule has 3 nitrogen and oxygen atoms in total. The lowest BCUT2D eigenvalue weighted by Gasteiger charge is -2.15. The molecular weight excluding hydrogens is 360 g/mol. The Labute approximate surface area is 172 Å². The number of benzene rings is 3. The van der Waals surface area contributed by atoms with Crippen LogP contribution in [0.1, 0.15) is 28.4 Å². The number of hydrogen-bond acceptors (Lipinski definition) is 3. The largest absolute Gasteiger partial charge is 0.493 e. The van der Waals surface area contributed by atoms with E-state index in [0.29, 0.717) is 11.5 Å². The summed E-state index contributed by atoms with van der Waals surface area (Å²) in [5, 5.41) is 0. The molecule has 0 saturated carbocycles. The maximum Gasteiger partial charge on any atom is 0.161 e. The van der Waals surface area contributed by atoms with Crippen LogP contribution >= 0.6 is 0 Å². The molecule has 1 unspecified atom stereocenters. The van der Waals surface area contributed by atoms with Gasteiger partial charge in [-0.05, 0) is 30.3 Å². The Kier molecular flexibility index (Phi) is 6.95. The van der Waals surface area contributed by atoms with Crippen molar-refractivity contribution >= 4 is 0 Å². The minimum absolute atomic E-state index is 0.463. The maximum atomic E-state index is 5.69. The zero-order valence-corrected chi connectivity index (χ0v) is 16.7. The van der Waals surface area contributed by atoms with E-state index in [4.69, 9.17) is 14.2 Å². The number of ether oxygens (including phenoxy) is 3. The third-order valence-corrected chi connectivity index (χ3v) is 4.31. The molecule has 0 aromatic heterocycles. The first kappa shape index (κ1) is 20.1. The van der Waals surface area contributed by atoms with E-state index in [2.05, 4.69) is 23.7 Å². The molecule has 0 bridgehead atoms. The van der Waals surface area contributed by atoms with Gasteiger partial charge in [-0.2, -0.15) is 0 Å². The molecule has 0 radical (unpaired) electrons. The van der Waals surface area contributed by atoms with E-state index in [-0.39, 0.29) is 0 Å². The van der Waals surface area contributed by atoms with Crippen LogP contribution in [-0.2, 0) is 4.74 Å². The summed E-state index contributed by atoms with van der Waals surface area (Å²) >= 11 is 0. The quantitative estimate of drug-likeness (QED) is 0.604. The van der Waals surface area contributed by atoms with Crippen LogP contribution < -0.4 is 9.47 Å². The van der Waals surface area contributed by atoms with Crippen LogP contribution in [0.3, 0.4) is 0 Å². The average molecular weight is 382 g/mol. The van der Waals surface area contributed by atoms with Crippen LogP contribution in [0, 0.1) is 23.7 Å². The Hall–Kier alpha value is -3.66. The standard InChI is InChI=1S/C26H22O3/c1-27-24(17-15-21-12-8-5-9-13-21)23-19-26(29-3)25(28-2)18-22(23)16-14-20-10-6-4-7-11-20/h4-13,18-19,24H,1-3H3. The molecule has 3 rings (SSSR count). The molecule has 0 aliphatic rings. The molecule has 0 saturated heterocycles. The molecular formula is C26H22O3. The molecule has 3 aromatic rings. The van der Waals surface area contributed by atoms with Gasteiger partial charge in [-0.3, -0.25) is 0 Å². The highest BCUT2D eigenvalue weighted by Gasteiger charge is 2.17. The molecule has 0 heterocycles. The second kappa shape index (κ2) is 10.0. The van der Waals surface area contributed by atoms with E-state index >= 15 is 0 Å². The van der Waals surface area contributed by atoms with Gasteiger partial charge in [0.2, 0.25) is 0 Å². The summed E-state index contributed by atoms with van der Waals surface area (Å²) in [5.41, 5.74) is 3.46. The van der Waals surface area contributed by atoms with Gasteiger partial charge in [-0.15, -0.1) is 0 Å². The van der Waals surface area contributed by atoms with Crippen molar-refractivity contribution in [1.82, 2.24) is 0 Å². The van der Waals surface area contributed by atoms with Crippen LogP contribution in [0.4, 0.5) is 0 Å². The van der Waals surface area contributed by atoms with E-state index in [1.807, 2.05) is 72.8 Å². The van der Waals surface area contributed by atoms with Gasteiger partial charge in [0.1, 0.15) is 6.10 Å². The molecule has 0 fully saturated rings. The summed E-state index contributed by atoms with van der Waals surface area (Å²) in [6.45, 7) is 0. The van der Waals surface area contributed by atoms with Crippen molar-refractivity contribution in [3.63, 3.8) is 0 Å². The topological polar surface area (TPSA) is 27.7 Å². The predicted octanol–water partition coefficient (Wildman–Crippen LogP) is 4.84. The van der Waals surface area contributed by atoms with Crippen molar-refractivity contribution < 1.29 is 14.2 Å². The van der Waals surface area contributed by atoms with E-state index in [1.54, 1.807) is 21.3 Å². The first-order valence-electron chi connectivity index (χ1n) is 9.17. The van der Waals surface area contributed by atoms with Gasteiger partial charge >= 0.3 is 0 Å². The summed E-state index contributed by atoms with van der Waals surface area (Å²) in [7, 11) is 4.85. The van der Waals surface area contributed by atoms with Crippen LogP contribution in [-0.4, -0.2) is 21.3 Å². The minimum atomic E-state index is -0.463. The van der Waals surface area contributed by atoms with Gasteiger partial charge in [0.15, 0.2) is 11.5 Å². The highest BCUT2D eigenvalue weighted by atomic mass is 16.5. The van der Waals surface area contributed by atoms with Crippen molar-refractivity contribution in [1.29, 1.82) is 0 Å². The van der Waals surface area contributed by atoms with Gasteiger partial charge < -0.3 is 14.2 Å². The fourth-order valence-electron chi connectivity index (χ4n) is 2.81. The zero-order valence-electron chi connectivity index (χ0n) is 16.7. The molecule has 3 aromatic carbocycles. The van der Waals surface area contributed by atoms with Gasteiger partial charge in [-0.1, -0.05) is 60.1 Å². The van der Waals surface area contributed by atoms with Crippen LogP contribution in [0.5, 0.6) is 11.5 Å². The molecule has 0 aliphatic carbocycles. The highest BCUT2D eigenvalue weighted by Crippen LogP contribution is 2.34. The van der Waals surface area contributed by atoms with Gasteiger partial charge in [0.25, 0.3) is 0 Å². The van der Waals surface area contributed by atoms with E-state index in [1.165, 1.54) is 0 Å². The van der Waals surface area contributed by atoms with Crippen molar-refractivity contribution in [2.24, 2.45) is 0 Å². The average Bonchev–Trinajstić information content (AvgIpc) is 2.79. The third-order valence-electron chi connectivity index (χ3n) is 4.31. The van der Waals surface area contributed by atoms with E-state index in [0.717, 1.165) is 22.3 Å². The Balaban J connectivity index is 2.07. The molecule has 1 atom stereocenters. The molecule has 29 heavy (non-hydrogen) atoms. The minimum Gasteiger partial charge on any atom is -0.493 e. The first-order valence-corrected chi connectivity index (χ1v) is 9.17. The van der Waals surface area contributed by atoms with Crippen molar-refractivity contribution in [2.75, 3.05) is 21.3 Å². The summed E-state index contributed by atoms with van der Waals surface area (Å²) in [6.07, 6.45) is -0.463. The Bertz CT molecular complexity index is 1070. The second-order valence-electron chi connectivity index (χ2n) is 6.16. The van der Waals surface area contributed by atoms with Gasteiger partial charge in [0.05, 0.1) is 14.2 Å². The fraction of sp³-hybridized carbons (Fsp3) is 0.154. The van der Waals surface area contributed by atoms with Crippen LogP contribution in [0.15, 0.2) is 72.8 Å². The van der Waals surface area contributed by atoms with E-state index in [9.17, 15) is 0 Å².